The van der Waals surface area contributed by atoms with Crippen molar-refractivity contribution in [3.8, 4) is 5.75 Å². The van der Waals surface area contributed by atoms with Gasteiger partial charge >= 0.3 is 0 Å². The van der Waals surface area contributed by atoms with Crippen LogP contribution in [0.3, 0.4) is 0 Å². The average molecular weight is 150 g/mol. The molecule has 1 rings (SSSR count). The molecule has 60 valence electrons. The molecule has 0 heterocycles. The summed E-state index contributed by atoms with van der Waals surface area (Å²) in [6.45, 7) is 6.12. The van der Waals surface area contributed by atoms with E-state index in [2.05, 4.69) is 19.1 Å². The van der Waals surface area contributed by atoms with Crippen molar-refractivity contribution in [2.45, 2.75) is 26.9 Å². The van der Waals surface area contributed by atoms with Gasteiger partial charge in [-0.25, -0.2) is 0 Å². The smallest absolute Gasteiger partial charge is 0.119 e. The fourth-order valence-corrected chi connectivity index (χ4v) is 0.889. The molecule has 0 unspecified atom stereocenters. The van der Waals surface area contributed by atoms with Gasteiger partial charge in [0, 0.05) is 0 Å². The second kappa shape index (κ2) is 3.42. The largest absolute Gasteiger partial charge is 0.491 e. The van der Waals surface area contributed by atoms with Gasteiger partial charge in [-0.2, -0.15) is 0 Å². The van der Waals surface area contributed by atoms with Crippen molar-refractivity contribution in [1.82, 2.24) is 0 Å². The van der Waals surface area contributed by atoms with E-state index in [-0.39, 0.29) is 6.10 Å². The van der Waals surface area contributed by atoms with Crippen LogP contribution in [-0.2, 0) is 0 Å². The summed E-state index contributed by atoms with van der Waals surface area (Å²) in [5, 5.41) is 0. The Balaban J connectivity index is 2.66. The average Bonchev–Trinajstić information content (AvgIpc) is 1.93. The highest BCUT2D eigenvalue weighted by Gasteiger charge is 1.94. The van der Waals surface area contributed by atoms with Crippen molar-refractivity contribution in [3.63, 3.8) is 0 Å². The number of benzene rings is 1. The zero-order valence-corrected chi connectivity index (χ0v) is 7.29. The van der Waals surface area contributed by atoms with Crippen LogP contribution < -0.4 is 4.74 Å². The zero-order valence-electron chi connectivity index (χ0n) is 7.29. The van der Waals surface area contributed by atoms with E-state index in [9.17, 15) is 0 Å². The minimum Gasteiger partial charge on any atom is -0.491 e. The lowest BCUT2D eigenvalue weighted by atomic mass is 10.2. The molecule has 0 saturated heterocycles. The summed E-state index contributed by atoms with van der Waals surface area (Å²) >= 11 is 0. The van der Waals surface area contributed by atoms with Gasteiger partial charge < -0.3 is 4.74 Å². The fraction of sp³-hybridized carbons (Fsp3) is 0.400. The molecule has 1 heteroatoms. The van der Waals surface area contributed by atoms with Gasteiger partial charge in [-0.15, -0.1) is 0 Å². The van der Waals surface area contributed by atoms with Crippen LogP contribution in [0.1, 0.15) is 19.4 Å². The Bertz CT molecular complexity index is 211. The Morgan fingerprint density at radius 2 is 1.64 bits per heavy atom. The Kier molecular flexibility index (Phi) is 2.53. The molecule has 0 aliphatic carbocycles. The molecule has 0 aliphatic heterocycles. The lowest BCUT2D eigenvalue weighted by Crippen LogP contribution is -2.05. The third kappa shape index (κ3) is 2.62. The first-order valence-corrected chi connectivity index (χ1v) is 3.92. The third-order valence-corrected chi connectivity index (χ3v) is 1.39. The van der Waals surface area contributed by atoms with Gasteiger partial charge in [0.1, 0.15) is 5.75 Å². The first-order chi connectivity index (χ1) is 5.18. The first kappa shape index (κ1) is 8.12. The zero-order chi connectivity index (χ0) is 8.27. The van der Waals surface area contributed by atoms with E-state index < -0.39 is 0 Å². The number of hydrogen-bond donors (Lipinski definition) is 0. The number of hydrogen-bond acceptors (Lipinski definition) is 1. The Hall–Kier alpha value is -0.980. The SMILES string of the molecule is Cc1ccc(OC(C)C)cc1. The van der Waals surface area contributed by atoms with Gasteiger partial charge in [-0.1, -0.05) is 17.7 Å². The van der Waals surface area contributed by atoms with Gasteiger partial charge in [0.15, 0.2) is 0 Å². The highest BCUT2D eigenvalue weighted by molar-refractivity contribution is 5.26. The van der Waals surface area contributed by atoms with Gasteiger partial charge in [0.25, 0.3) is 0 Å². The van der Waals surface area contributed by atoms with E-state index in [0.717, 1.165) is 5.75 Å². The van der Waals surface area contributed by atoms with Crippen LogP contribution >= 0.6 is 0 Å². The highest BCUT2D eigenvalue weighted by Crippen LogP contribution is 2.12. The fourth-order valence-electron chi connectivity index (χ4n) is 0.889. The quantitative estimate of drug-likeness (QED) is 0.630. The Labute approximate surface area is 68.0 Å². The van der Waals surface area contributed by atoms with Crippen molar-refractivity contribution in [2.75, 3.05) is 0 Å². The molecule has 0 saturated carbocycles. The monoisotopic (exact) mass is 150 g/mol. The second-order valence-electron chi connectivity index (χ2n) is 2.98. The molecular weight excluding hydrogens is 136 g/mol. The molecule has 0 N–H and O–H groups in total. The normalized spacial score (nSPS) is 10.2. The van der Waals surface area contributed by atoms with E-state index in [4.69, 9.17) is 4.74 Å². The van der Waals surface area contributed by atoms with Crippen LogP contribution in [-0.4, -0.2) is 6.10 Å². The second-order valence-corrected chi connectivity index (χ2v) is 2.98. The highest BCUT2D eigenvalue weighted by atomic mass is 16.5. The van der Waals surface area contributed by atoms with Crippen molar-refractivity contribution in [2.24, 2.45) is 0 Å². The Morgan fingerprint density at radius 1 is 1.09 bits per heavy atom. The van der Waals surface area contributed by atoms with Crippen LogP contribution in [0.4, 0.5) is 0 Å². The molecule has 1 nitrogen and oxygen atoms in total. The third-order valence-electron chi connectivity index (χ3n) is 1.39. The molecule has 11 heavy (non-hydrogen) atoms. The van der Waals surface area contributed by atoms with E-state index >= 15 is 0 Å². The summed E-state index contributed by atoms with van der Waals surface area (Å²) in [6.07, 6.45) is 0.262. The standard InChI is InChI=1S/C10H14O/c1-8(2)11-10-6-4-9(3)5-7-10/h4-8H,1-3H3. The van der Waals surface area contributed by atoms with Crippen LogP contribution in [0.25, 0.3) is 0 Å². The van der Waals surface area contributed by atoms with Gasteiger partial charge in [-0.3, -0.25) is 0 Å². The first-order valence-electron chi connectivity index (χ1n) is 3.92. The summed E-state index contributed by atoms with van der Waals surface area (Å²) in [6, 6.07) is 8.10. The minimum atomic E-state index is 0.262. The van der Waals surface area contributed by atoms with Gasteiger partial charge in [-0.05, 0) is 32.9 Å². The summed E-state index contributed by atoms with van der Waals surface area (Å²) in [5.74, 6) is 0.950. The molecule has 0 amide bonds. The molecular formula is C10H14O. The summed E-state index contributed by atoms with van der Waals surface area (Å²) < 4.78 is 5.47. The van der Waals surface area contributed by atoms with E-state index in [1.165, 1.54) is 5.56 Å². The minimum absolute atomic E-state index is 0.262. The van der Waals surface area contributed by atoms with Gasteiger partial charge in [0.2, 0.25) is 0 Å². The maximum Gasteiger partial charge on any atom is 0.119 e. The van der Waals surface area contributed by atoms with Gasteiger partial charge in [0.05, 0.1) is 6.10 Å². The molecule has 0 spiro atoms. The van der Waals surface area contributed by atoms with Crippen LogP contribution in [0.15, 0.2) is 24.3 Å². The van der Waals surface area contributed by atoms with E-state index in [0.29, 0.717) is 0 Å². The molecule has 1 aromatic rings. The summed E-state index contributed by atoms with van der Waals surface area (Å²) in [5.41, 5.74) is 1.26. The number of rotatable bonds is 2. The predicted molar refractivity (Wildman–Crippen MR) is 46.9 cm³/mol. The van der Waals surface area contributed by atoms with E-state index in [1.807, 2.05) is 26.0 Å². The molecule has 0 fully saturated rings. The lowest BCUT2D eigenvalue weighted by Gasteiger charge is -2.08. The maximum absolute atomic E-state index is 5.47. The van der Waals surface area contributed by atoms with Crippen molar-refractivity contribution in [1.29, 1.82) is 0 Å². The van der Waals surface area contributed by atoms with Crippen molar-refractivity contribution in [3.05, 3.63) is 29.8 Å². The topological polar surface area (TPSA) is 9.23 Å². The van der Waals surface area contributed by atoms with E-state index in [1.54, 1.807) is 0 Å². The van der Waals surface area contributed by atoms with Crippen molar-refractivity contribution >= 4 is 0 Å². The number of ether oxygens (including phenoxy) is 1. The summed E-state index contributed by atoms with van der Waals surface area (Å²) in [7, 11) is 0. The molecule has 0 atom stereocenters. The number of aryl methyl sites for hydroxylation is 1. The predicted octanol–water partition coefficient (Wildman–Crippen LogP) is 2.78. The Morgan fingerprint density at radius 3 is 2.09 bits per heavy atom. The molecule has 0 radical (unpaired) electrons. The lowest BCUT2D eigenvalue weighted by molar-refractivity contribution is 0.242. The van der Waals surface area contributed by atoms with Crippen LogP contribution in [0, 0.1) is 6.92 Å². The summed E-state index contributed by atoms with van der Waals surface area (Å²) in [4.78, 5) is 0. The molecule has 0 aliphatic rings. The van der Waals surface area contributed by atoms with Crippen LogP contribution in [0.2, 0.25) is 0 Å². The van der Waals surface area contributed by atoms with Crippen LogP contribution in [0.5, 0.6) is 5.75 Å². The molecule has 1 aromatic carbocycles. The molecule has 0 bridgehead atoms. The molecule has 0 aromatic heterocycles. The van der Waals surface area contributed by atoms with Crippen molar-refractivity contribution < 1.29 is 4.74 Å². The maximum atomic E-state index is 5.47.